The van der Waals surface area contributed by atoms with Gasteiger partial charge in [-0.3, -0.25) is 0 Å². The van der Waals surface area contributed by atoms with Crippen LogP contribution in [-0.4, -0.2) is 16.8 Å². The molecule has 0 aliphatic carbocycles. The maximum atomic E-state index is 12.3. The van der Waals surface area contributed by atoms with E-state index < -0.39 is 20.0 Å². The highest BCUT2D eigenvalue weighted by molar-refractivity contribution is 9.11. The largest absolute Gasteiger partial charge is 0.241 e. The second kappa shape index (κ2) is 6.99. The van der Waals surface area contributed by atoms with Gasteiger partial charge in [0.2, 0.25) is 20.0 Å². The third kappa shape index (κ3) is 4.85. The highest BCUT2D eigenvalue weighted by Gasteiger charge is 2.17. The van der Waals surface area contributed by atoms with Crippen molar-refractivity contribution in [3.63, 3.8) is 0 Å². The molecule has 0 atom stereocenters. The Balaban J connectivity index is 2.16. The van der Waals surface area contributed by atoms with Crippen LogP contribution in [0.3, 0.4) is 0 Å². The third-order valence-corrected chi connectivity index (χ3v) is 6.70. The maximum Gasteiger partial charge on any atom is 0.241 e. The van der Waals surface area contributed by atoms with Crippen LogP contribution in [0.5, 0.6) is 0 Å². The number of sulfonamides is 2. The molecule has 0 saturated heterocycles. The van der Waals surface area contributed by atoms with Crippen LogP contribution in [0.25, 0.3) is 0 Å². The Morgan fingerprint density at radius 1 is 0.957 bits per heavy atom. The summed E-state index contributed by atoms with van der Waals surface area (Å²) < 4.78 is 50.6. The number of hydrogen-bond donors (Lipinski definition) is 2. The van der Waals surface area contributed by atoms with E-state index in [0.29, 0.717) is 10.0 Å². The minimum absolute atomic E-state index is 0.0235. The molecule has 0 radical (unpaired) electrons. The molecular formula is C13H12Br2N2O4S2. The van der Waals surface area contributed by atoms with Crippen molar-refractivity contribution >= 4 is 51.9 Å². The van der Waals surface area contributed by atoms with Gasteiger partial charge >= 0.3 is 0 Å². The summed E-state index contributed by atoms with van der Waals surface area (Å²) in [5, 5.41) is 5.01. The van der Waals surface area contributed by atoms with E-state index in [4.69, 9.17) is 5.14 Å². The van der Waals surface area contributed by atoms with Gasteiger partial charge in [0.15, 0.2) is 0 Å². The van der Waals surface area contributed by atoms with Crippen molar-refractivity contribution in [2.24, 2.45) is 5.14 Å². The molecule has 0 unspecified atom stereocenters. The van der Waals surface area contributed by atoms with Gasteiger partial charge in [-0.25, -0.2) is 26.7 Å². The van der Waals surface area contributed by atoms with Crippen molar-refractivity contribution in [3.05, 3.63) is 57.0 Å². The van der Waals surface area contributed by atoms with Gasteiger partial charge in [-0.05, 0) is 51.8 Å². The molecule has 0 aliphatic rings. The van der Waals surface area contributed by atoms with E-state index in [-0.39, 0.29) is 16.3 Å². The van der Waals surface area contributed by atoms with Gasteiger partial charge in [-0.15, -0.1) is 0 Å². The quantitative estimate of drug-likeness (QED) is 0.680. The van der Waals surface area contributed by atoms with Crippen LogP contribution in [0.1, 0.15) is 5.56 Å². The second-order valence-corrected chi connectivity index (χ2v) is 9.66. The smallest absolute Gasteiger partial charge is 0.225 e. The van der Waals surface area contributed by atoms with Crippen molar-refractivity contribution < 1.29 is 16.8 Å². The van der Waals surface area contributed by atoms with Gasteiger partial charge in [0.1, 0.15) is 0 Å². The lowest BCUT2D eigenvalue weighted by Gasteiger charge is -2.09. The van der Waals surface area contributed by atoms with Crippen LogP contribution in [0, 0.1) is 0 Å². The predicted octanol–water partition coefficient (Wildman–Crippen LogP) is 2.34. The highest BCUT2D eigenvalue weighted by Crippen LogP contribution is 2.25. The Bertz CT molecular complexity index is 927. The summed E-state index contributed by atoms with van der Waals surface area (Å²) in [4.78, 5) is 0.0848. The first kappa shape index (κ1) is 18.6. The lowest BCUT2D eigenvalue weighted by atomic mass is 10.2. The molecule has 0 bridgehead atoms. The summed E-state index contributed by atoms with van der Waals surface area (Å²) in [6.07, 6.45) is 0. The fraction of sp³-hybridized carbons (Fsp3) is 0.0769. The first-order valence-electron chi connectivity index (χ1n) is 6.16. The molecule has 2 rings (SSSR count). The highest BCUT2D eigenvalue weighted by atomic mass is 79.9. The average Bonchev–Trinajstić information content (AvgIpc) is 2.44. The number of nitrogens with two attached hydrogens (primary N) is 1. The van der Waals surface area contributed by atoms with Gasteiger partial charge in [-0.2, -0.15) is 0 Å². The number of nitrogens with one attached hydrogen (secondary N) is 1. The van der Waals surface area contributed by atoms with Crippen molar-refractivity contribution in [2.45, 2.75) is 16.3 Å². The molecule has 0 heterocycles. The molecule has 2 aromatic rings. The number of halogens is 2. The van der Waals surface area contributed by atoms with Crippen molar-refractivity contribution in [1.82, 2.24) is 4.72 Å². The molecule has 23 heavy (non-hydrogen) atoms. The standard InChI is InChI=1S/C13H12Br2N2O4S2/c14-10-3-6-13(12(15)7-10)23(20,21)17-8-9-1-4-11(5-2-9)22(16,18)19/h1-7,17H,8H2,(H2,16,18,19). The normalized spacial score (nSPS) is 12.3. The van der Waals surface area contributed by atoms with Crippen LogP contribution >= 0.6 is 31.9 Å². The second-order valence-electron chi connectivity index (χ2n) is 4.59. The van der Waals surface area contributed by atoms with Crippen molar-refractivity contribution in [3.8, 4) is 0 Å². The SMILES string of the molecule is NS(=O)(=O)c1ccc(CNS(=O)(=O)c2ccc(Br)cc2Br)cc1. The number of hydrogen-bond acceptors (Lipinski definition) is 4. The number of benzene rings is 2. The molecule has 2 aromatic carbocycles. The zero-order chi connectivity index (χ0) is 17.3. The Morgan fingerprint density at radius 3 is 2.09 bits per heavy atom. The zero-order valence-corrected chi connectivity index (χ0v) is 16.3. The summed E-state index contributed by atoms with van der Waals surface area (Å²) in [5.74, 6) is 0. The predicted molar refractivity (Wildman–Crippen MR) is 93.7 cm³/mol. The molecule has 6 nitrogen and oxygen atoms in total. The van der Waals surface area contributed by atoms with E-state index in [1.54, 1.807) is 12.1 Å². The molecule has 10 heteroatoms. The Hall–Kier alpha value is -0.780. The first-order valence-corrected chi connectivity index (χ1v) is 10.8. The lowest BCUT2D eigenvalue weighted by molar-refractivity contribution is 0.580. The Kier molecular flexibility index (Phi) is 5.64. The maximum absolute atomic E-state index is 12.3. The molecule has 0 aromatic heterocycles. The van der Waals surface area contributed by atoms with Crippen LogP contribution in [0.4, 0.5) is 0 Å². The summed E-state index contributed by atoms with van der Waals surface area (Å²) in [5.41, 5.74) is 0.606. The van der Waals surface area contributed by atoms with E-state index in [2.05, 4.69) is 36.6 Å². The molecule has 0 saturated carbocycles. The summed E-state index contributed by atoms with van der Waals surface area (Å²) in [6, 6.07) is 10.4. The molecule has 3 N–H and O–H groups in total. The van der Waals surface area contributed by atoms with Gasteiger partial charge in [0.05, 0.1) is 9.79 Å². The van der Waals surface area contributed by atoms with Gasteiger partial charge in [-0.1, -0.05) is 28.1 Å². The van der Waals surface area contributed by atoms with Crippen molar-refractivity contribution in [2.75, 3.05) is 0 Å². The first-order chi connectivity index (χ1) is 10.6. The number of rotatable bonds is 5. The van der Waals surface area contributed by atoms with Crippen LogP contribution in [0.15, 0.2) is 61.2 Å². The molecule has 0 fully saturated rings. The van der Waals surface area contributed by atoms with Crippen LogP contribution < -0.4 is 9.86 Å². The van der Waals surface area contributed by atoms with Gasteiger partial charge < -0.3 is 0 Å². The van der Waals surface area contributed by atoms with Gasteiger partial charge in [0.25, 0.3) is 0 Å². The monoisotopic (exact) mass is 482 g/mol. The van der Waals surface area contributed by atoms with Crippen molar-refractivity contribution in [1.29, 1.82) is 0 Å². The summed E-state index contributed by atoms with van der Waals surface area (Å²) in [6.45, 7) is 0.0235. The van der Waals surface area contributed by atoms with E-state index in [1.165, 1.54) is 30.3 Å². The Labute approximate surface area is 151 Å². The molecule has 124 valence electrons. The van der Waals surface area contributed by atoms with Gasteiger partial charge in [0, 0.05) is 15.5 Å². The third-order valence-electron chi connectivity index (χ3n) is 2.90. The van der Waals surface area contributed by atoms with E-state index >= 15 is 0 Å². The summed E-state index contributed by atoms with van der Waals surface area (Å²) >= 11 is 6.47. The zero-order valence-electron chi connectivity index (χ0n) is 11.5. The average molecular weight is 484 g/mol. The molecular weight excluding hydrogens is 472 g/mol. The minimum atomic E-state index is -3.76. The fourth-order valence-corrected chi connectivity index (χ4v) is 5.02. The van der Waals surface area contributed by atoms with Crippen LogP contribution in [0.2, 0.25) is 0 Å². The minimum Gasteiger partial charge on any atom is -0.225 e. The molecule has 0 spiro atoms. The topological polar surface area (TPSA) is 106 Å². The lowest BCUT2D eigenvalue weighted by Crippen LogP contribution is -2.23. The Morgan fingerprint density at radius 2 is 1.57 bits per heavy atom. The van der Waals surface area contributed by atoms with E-state index in [0.717, 1.165) is 4.47 Å². The van der Waals surface area contributed by atoms with Crippen LogP contribution in [-0.2, 0) is 26.6 Å². The fourth-order valence-electron chi connectivity index (χ4n) is 1.75. The molecule has 0 aliphatic heterocycles. The van der Waals surface area contributed by atoms with E-state index in [9.17, 15) is 16.8 Å². The molecule has 0 amide bonds. The number of primary sulfonamides is 1. The van der Waals surface area contributed by atoms with E-state index in [1.807, 2.05) is 0 Å². The summed E-state index contributed by atoms with van der Waals surface area (Å²) in [7, 11) is -7.47.